The number of hydrogen-bond donors (Lipinski definition) is 2. The van der Waals surface area contributed by atoms with Gasteiger partial charge in [-0.15, -0.1) is 0 Å². The molecule has 4 aliphatic rings. The summed E-state index contributed by atoms with van der Waals surface area (Å²) in [5, 5.41) is 23.4. The van der Waals surface area contributed by atoms with Crippen molar-refractivity contribution >= 4 is 12.0 Å². The van der Waals surface area contributed by atoms with Gasteiger partial charge in [0.15, 0.2) is 5.78 Å². The minimum absolute atomic E-state index is 0.105. The zero-order valence-electron chi connectivity index (χ0n) is 19.7. The quantitative estimate of drug-likeness (QED) is 0.370. The van der Waals surface area contributed by atoms with Crippen LogP contribution < -0.4 is 0 Å². The van der Waals surface area contributed by atoms with Gasteiger partial charge in [-0.25, -0.2) is 0 Å². The van der Waals surface area contributed by atoms with E-state index in [0.29, 0.717) is 25.0 Å². The first-order chi connectivity index (χ1) is 15.9. The molecule has 33 heavy (non-hydrogen) atoms. The van der Waals surface area contributed by atoms with E-state index in [9.17, 15) is 9.90 Å². The second-order valence-corrected chi connectivity index (χ2v) is 10.6. The predicted molar refractivity (Wildman–Crippen MR) is 128 cm³/mol. The third-order valence-corrected chi connectivity index (χ3v) is 9.26. The van der Waals surface area contributed by atoms with Gasteiger partial charge in [0.1, 0.15) is 0 Å². The lowest BCUT2D eigenvalue weighted by Gasteiger charge is -2.52. The molecule has 1 aromatic carbocycles. The van der Waals surface area contributed by atoms with Crippen molar-refractivity contribution in [2.24, 2.45) is 22.4 Å². The summed E-state index contributed by atoms with van der Waals surface area (Å²) < 4.78 is 5.72. The van der Waals surface area contributed by atoms with Crippen LogP contribution >= 0.6 is 0 Å². The Morgan fingerprint density at radius 3 is 2.70 bits per heavy atom. The summed E-state index contributed by atoms with van der Waals surface area (Å²) in [6.07, 6.45) is 9.99. The molecule has 2 N–H and O–H groups in total. The Balaban J connectivity index is 1.44. The zero-order chi connectivity index (χ0) is 23.2. The first-order valence-corrected chi connectivity index (χ1v) is 12.4. The van der Waals surface area contributed by atoms with Gasteiger partial charge in [0.05, 0.1) is 24.3 Å². The van der Waals surface area contributed by atoms with E-state index in [1.807, 2.05) is 37.3 Å². The third-order valence-electron chi connectivity index (χ3n) is 9.26. The molecule has 5 atom stereocenters. The summed E-state index contributed by atoms with van der Waals surface area (Å²) >= 11 is 0. The number of rotatable bonds is 5. The van der Waals surface area contributed by atoms with Crippen LogP contribution in [0.25, 0.3) is 0 Å². The molecule has 0 aliphatic heterocycles. The van der Waals surface area contributed by atoms with Gasteiger partial charge >= 0.3 is 0 Å². The van der Waals surface area contributed by atoms with Gasteiger partial charge in [-0.1, -0.05) is 41.9 Å². The number of benzene rings is 1. The Morgan fingerprint density at radius 1 is 1.18 bits per heavy atom. The van der Waals surface area contributed by atoms with Crippen molar-refractivity contribution in [2.45, 2.75) is 70.3 Å². The van der Waals surface area contributed by atoms with E-state index in [4.69, 9.17) is 9.94 Å². The Kier molecular flexibility index (Phi) is 5.82. The standard InChI is InChI=1S/C28H35NO4/c1-3-33-17-28(31)13-11-25-22-9-8-20-14-26(30)24(19-6-4-18(5-7-19)16-29-32)15-23(20)21(22)10-12-27(25,28)2/h4-7,14,16,22,24-25,31-32H,3,8-13,15,17H2,1-2H3/t22-,24?,25+,27+,28-/m1/s1. The molecular formula is C28H35NO4. The van der Waals surface area contributed by atoms with E-state index < -0.39 is 5.60 Å². The number of nitrogens with zero attached hydrogens (tertiary/aromatic N) is 1. The molecule has 1 unspecified atom stereocenters. The van der Waals surface area contributed by atoms with Crippen molar-refractivity contribution in [3.05, 3.63) is 58.2 Å². The Morgan fingerprint density at radius 2 is 1.97 bits per heavy atom. The van der Waals surface area contributed by atoms with Crippen LogP contribution in [0.2, 0.25) is 0 Å². The van der Waals surface area contributed by atoms with E-state index in [1.165, 1.54) is 17.4 Å². The average molecular weight is 450 g/mol. The maximum Gasteiger partial charge on any atom is 0.163 e. The molecule has 5 rings (SSSR count). The first-order valence-electron chi connectivity index (χ1n) is 12.4. The predicted octanol–water partition coefficient (Wildman–Crippen LogP) is 5.16. The van der Waals surface area contributed by atoms with Crippen molar-refractivity contribution in [1.29, 1.82) is 0 Å². The fourth-order valence-electron chi connectivity index (χ4n) is 7.32. The van der Waals surface area contributed by atoms with Crippen LogP contribution in [0.3, 0.4) is 0 Å². The van der Waals surface area contributed by atoms with Gasteiger partial charge in [0.2, 0.25) is 0 Å². The molecule has 1 aromatic rings. The lowest BCUT2D eigenvalue weighted by molar-refractivity contribution is -0.131. The van der Waals surface area contributed by atoms with Crippen LogP contribution in [0.15, 0.2) is 52.2 Å². The highest BCUT2D eigenvalue weighted by molar-refractivity contribution is 5.98. The number of aliphatic hydroxyl groups is 1. The largest absolute Gasteiger partial charge is 0.411 e. The Labute approximate surface area is 196 Å². The van der Waals surface area contributed by atoms with Crippen molar-refractivity contribution < 1.29 is 19.8 Å². The molecule has 0 amide bonds. The molecular weight excluding hydrogens is 414 g/mol. The average Bonchev–Trinajstić information content (AvgIpc) is 3.09. The molecule has 4 aliphatic carbocycles. The van der Waals surface area contributed by atoms with Gasteiger partial charge in [0, 0.05) is 12.0 Å². The Hall–Kier alpha value is -2.24. The van der Waals surface area contributed by atoms with E-state index in [0.717, 1.165) is 56.1 Å². The summed E-state index contributed by atoms with van der Waals surface area (Å²) in [7, 11) is 0. The molecule has 0 radical (unpaired) electrons. The number of carbonyl (C=O) groups excluding carboxylic acids is 1. The number of hydrogen-bond acceptors (Lipinski definition) is 5. The van der Waals surface area contributed by atoms with Gasteiger partial charge in [-0.3, -0.25) is 4.79 Å². The number of ketones is 1. The summed E-state index contributed by atoms with van der Waals surface area (Å²) in [5.74, 6) is 1.03. The fourth-order valence-corrected chi connectivity index (χ4v) is 7.32. The van der Waals surface area contributed by atoms with Crippen LogP contribution in [0.5, 0.6) is 0 Å². The summed E-state index contributed by atoms with van der Waals surface area (Å²) in [5.41, 5.74) is 5.21. The van der Waals surface area contributed by atoms with Crippen molar-refractivity contribution in [3.63, 3.8) is 0 Å². The van der Waals surface area contributed by atoms with Crippen LogP contribution in [0.4, 0.5) is 0 Å². The molecule has 0 saturated heterocycles. The van der Waals surface area contributed by atoms with Crippen molar-refractivity contribution in [1.82, 2.24) is 0 Å². The number of ether oxygens (including phenoxy) is 1. The van der Waals surface area contributed by atoms with Crippen LogP contribution in [0, 0.1) is 17.3 Å². The van der Waals surface area contributed by atoms with Crippen LogP contribution in [-0.4, -0.2) is 41.1 Å². The topological polar surface area (TPSA) is 79.1 Å². The highest BCUT2D eigenvalue weighted by Crippen LogP contribution is 2.63. The molecule has 2 fully saturated rings. The second kappa shape index (κ2) is 8.52. The molecule has 5 heteroatoms. The van der Waals surface area contributed by atoms with Gasteiger partial charge < -0.3 is 15.1 Å². The van der Waals surface area contributed by atoms with Crippen molar-refractivity contribution in [2.75, 3.05) is 13.2 Å². The van der Waals surface area contributed by atoms with Crippen LogP contribution in [-0.2, 0) is 9.53 Å². The maximum absolute atomic E-state index is 13.0. The van der Waals surface area contributed by atoms with Crippen molar-refractivity contribution in [3.8, 4) is 0 Å². The summed E-state index contributed by atoms with van der Waals surface area (Å²) in [6, 6.07) is 7.75. The lowest BCUT2D eigenvalue weighted by Crippen LogP contribution is -2.52. The van der Waals surface area contributed by atoms with E-state index in [-0.39, 0.29) is 17.1 Å². The molecule has 2 saturated carbocycles. The minimum atomic E-state index is -0.731. The number of oxime groups is 1. The second-order valence-electron chi connectivity index (χ2n) is 10.6. The fraction of sp³-hybridized carbons (Fsp3) is 0.571. The highest BCUT2D eigenvalue weighted by Gasteiger charge is 2.60. The first kappa shape index (κ1) is 22.5. The molecule has 0 spiro atoms. The number of allylic oxidation sites excluding steroid dienone is 4. The number of carbonyl (C=O) groups is 1. The van der Waals surface area contributed by atoms with E-state index in [1.54, 1.807) is 5.57 Å². The monoisotopic (exact) mass is 449 g/mol. The summed E-state index contributed by atoms with van der Waals surface area (Å²) in [6.45, 7) is 5.36. The maximum atomic E-state index is 13.0. The molecule has 5 nitrogen and oxygen atoms in total. The minimum Gasteiger partial charge on any atom is -0.411 e. The third kappa shape index (κ3) is 3.60. The van der Waals surface area contributed by atoms with Gasteiger partial charge in [0.25, 0.3) is 0 Å². The van der Waals surface area contributed by atoms with Crippen LogP contribution in [0.1, 0.15) is 75.8 Å². The lowest BCUT2D eigenvalue weighted by atomic mass is 9.55. The SMILES string of the molecule is CCOC[C@]1(O)CC[C@H]2[C@@H]3CCC4=CC(=O)C(c5ccc(C=NO)cc5)CC4=C3CC[C@@]21C. The van der Waals surface area contributed by atoms with E-state index >= 15 is 0 Å². The zero-order valence-corrected chi connectivity index (χ0v) is 19.7. The molecule has 0 heterocycles. The molecule has 176 valence electrons. The van der Waals surface area contributed by atoms with Gasteiger partial charge in [-0.2, -0.15) is 0 Å². The number of fused-ring (bicyclic) bond motifs is 4. The van der Waals surface area contributed by atoms with Gasteiger partial charge in [-0.05, 0) is 92.1 Å². The van der Waals surface area contributed by atoms with E-state index in [2.05, 4.69) is 12.1 Å². The highest BCUT2D eigenvalue weighted by atomic mass is 16.5. The molecule has 0 aromatic heterocycles. The summed E-state index contributed by atoms with van der Waals surface area (Å²) in [4.78, 5) is 13.0. The smallest absolute Gasteiger partial charge is 0.163 e. The Bertz CT molecular complexity index is 1020. The normalized spacial score (nSPS) is 35.9. The molecule has 0 bridgehead atoms.